The predicted molar refractivity (Wildman–Crippen MR) is 89.2 cm³/mol. The van der Waals surface area contributed by atoms with Gasteiger partial charge in [0, 0.05) is 36.6 Å². The number of nitrogens with two attached hydrogens (primary N) is 1. The van der Waals surface area contributed by atoms with Crippen molar-refractivity contribution < 1.29 is 14.2 Å². The van der Waals surface area contributed by atoms with Crippen LogP contribution >= 0.6 is 0 Å². The third kappa shape index (κ3) is 4.22. The van der Waals surface area contributed by atoms with Crippen molar-refractivity contribution in [2.45, 2.75) is 0 Å². The summed E-state index contributed by atoms with van der Waals surface area (Å²) in [7, 11) is 5.25. The molecule has 5 nitrogen and oxygen atoms in total. The van der Waals surface area contributed by atoms with Crippen molar-refractivity contribution in [2.75, 3.05) is 45.1 Å². The highest BCUT2D eigenvalue weighted by molar-refractivity contribution is 5.52. The number of benzene rings is 2. The Balaban J connectivity index is 1.91. The Kier molecular flexibility index (Phi) is 5.36. The highest BCUT2D eigenvalue weighted by atomic mass is 16.5. The summed E-state index contributed by atoms with van der Waals surface area (Å²) in [5.74, 6) is 2.14. The summed E-state index contributed by atoms with van der Waals surface area (Å²) in [6.07, 6.45) is 0. The summed E-state index contributed by atoms with van der Waals surface area (Å²) >= 11 is 0. The summed E-state index contributed by atoms with van der Waals surface area (Å²) in [5, 5.41) is 0. The zero-order valence-electron chi connectivity index (χ0n) is 13.2. The van der Waals surface area contributed by atoms with Gasteiger partial charge in [-0.1, -0.05) is 0 Å². The molecular weight excluding hydrogens is 280 g/mol. The highest BCUT2D eigenvalue weighted by Gasteiger charge is 2.04. The lowest BCUT2D eigenvalue weighted by atomic mass is 10.2. The number of hydrogen-bond acceptors (Lipinski definition) is 5. The van der Waals surface area contributed by atoms with E-state index in [1.807, 2.05) is 49.5 Å². The topological polar surface area (TPSA) is 57.0 Å². The minimum Gasteiger partial charge on any atom is -0.496 e. The molecule has 0 spiro atoms. The second-order valence-corrected chi connectivity index (χ2v) is 4.91. The molecule has 0 fully saturated rings. The molecule has 0 aliphatic heterocycles. The standard InChI is InChI=1S/C17H22N2O3/c1-19(14-6-4-13(18)5-7-14)8-9-22-17-11-15(20-2)10-16(12-17)21-3/h4-7,10-12H,8-9,18H2,1-3H3. The molecule has 0 unspecified atom stereocenters. The van der Waals surface area contributed by atoms with E-state index in [4.69, 9.17) is 19.9 Å². The molecule has 0 atom stereocenters. The minimum atomic E-state index is 0.553. The van der Waals surface area contributed by atoms with Gasteiger partial charge in [-0.15, -0.1) is 0 Å². The number of anilines is 2. The van der Waals surface area contributed by atoms with Crippen molar-refractivity contribution in [1.82, 2.24) is 0 Å². The van der Waals surface area contributed by atoms with Gasteiger partial charge >= 0.3 is 0 Å². The van der Waals surface area contributed by atoms with Gasteiger partial charge < -0.3 is 24.8 Å². The third-order valence-corrected chi connectivity index (χ3v) is 3.35. The SMILES string of the molecule is COc1cc(OC)cc(OCCN(C)c2ccc(N)cc2)c1. The third-order valence-electron chi connectivity index (χ3n) is 3.35. The number of hydrogen-bond donors (Lipinski definition) is 1. The number of ether oxygens (including phenoxy) is 3. The Morgan fingerprint density at radius 3 is 2.00 bits per heavy atom. The molecule has 2 N–H and O–H groups in total. The van der Waals surface area contributed by atoms with E-state index in [-0.39, 0.29) is 0 Å². The van der Waals surface area contributed by atoms with Crippen molar-refractivity contribution in [1.29, 1.82) is 0 Å². The average molecular weight is 302 g/mol. The van der Waals surface area contributed by atoms with Gasteiger partial charge in [0.1, 0.15) is 23.9 Å². The first kappa shape index (κ1) is 15.8. The van der Waals surface area contributed by atoms with Crippen LogP contribution in [0.15, 0.2) is 42.5 Å². The molecule has 0 radical (unpaired) electrons. The van der Waals surface area contributed by atoms with E-state index in [2.05, 4.69) is 4.90 Å². The molecule has 2 aromatic carbocycles. The fourth-order valence-electron chi connectivity index (χ4n) is 2.02. The van der Waals surface area contributed by atoms with Gasteiger partial charge in [-0.2, -0.15) is 0 Å². The van der Waals surface area contributed by atoms with E-state index in [0.29, 0.717) is 18.1 Å². The van der Waals surface area contributed by atoms with E-state index in [0.717, 1.165) is 23.7 Å². The van der Waals surface area contributed by atoms with Crippen LogP contribution in [0.3, 0.4) is 0 Å². The van der Waals surface area contributed by atoms with E-state index in [9.17, 15) is 0 Å². The highest BCUT2D eigenvalue weighted by Crippen LogP contribution is 2.27. The molecule has 5 heteroatoms. The fourth-order valence-corrected chi connectivity index (χ4v) is 2.02. The van der Waals surface area contributed by atoms with Gasteiger partial charge in [-0.3, -0.25) is 0 Å². The van der Waals surface area contributed by atoms with E-state index in [1.165, 1.54) is 0 Å². The first-order valence-corrected chi connectivity index (χ1v) is 7.05. The largest absolute Gasteiger partial charge is 0.496 e. The Morgan fingerprint density at radius 2 is 1.45 bits per heavy atom. The first-order valence-electron chi connectivity index (χ1n) is 7.05. The lowest BCUT2D eigenvalue weighted by Gasteiger charge is -2.19. The summed E-state index contributed by atoms with van der Waals surface area (Å²) in [6, 6.07) is 13.2. The van der Waals surface area contributed by atoms with Crippen LogP contribution in [0.1, 0.15) is 0 Å². The first-order chi connectivity index (χ1) is 10.6. The Labute approximate surface area is 131 Å². The van der Waals surface area contributed by atoms with Crippen LogP contribution in [0.5, 0.6) is 17.2 Å². The Morgan fingerprint density at radius 1 is 0.909 bits per heavy atom. The van der Waals surface area contributed by atoms with Gasteiger partial charge in [-0.25, -0.2) is 0 Å². The molecular formula is C17H22N2O3. The van der Waals surface area contributed by atoms with Gasteiger partial charge in [-0.05, 0) is 24.3 Å². The summed E-state index contributed by atoms with van der Waals surface area (Å²) in [4.78, 5) is 2.11. The summed E-state index contributed by atoms with van der Waals surface area (Å²) < 4.78 is 16.2. The molecule has 0 heterocycles. The molecule has 0 aromatic heterocycles. The fraction of sp³-hybridized carbons (Fsp3) is 0.294. The minimum absolute atomic E-state index is 0.553. The van der Waals surface area contributed by atoms with Gasteiger partial charge in [0.05, 0.1) is 20.8 Å². The second-order valence-electron chi connectivity index (χ2n) is 4.91. The van der Waals surface area contributed by atoms with Crippen molar-refractivity contribution in [2.24, 2.45) is 0 Å². The Hall–Kier alpha value is -2.56. The maximum Gasteiger partial charge on any atom is 0.126 e. The molecule has 118 valence electrons. The molecule has 2 aromatic rings. The van der Waals surface area contributed by atoms with Crippen LogP contribution in [-0.4, -0.2) is 34.4 Å². The van der Waals surface area contributed by atoms with Crippen LogP contribution in [-0.2, 0) is 0 Å². The second kappa shape index (κ2) is 7.45. The van der Waals surface area contributed by atoms with Crippen molar-refractivity contribution in [3.8, 4) is 17.2 Å². The molecule has 0 bridgehead atoms. The molecule has 22 heavy (non-hydrogen) atoms. The molecule has 0 aliphatic rings. The van der Waals surface area contributed by atoms with Gasteiger partial charge in [0.15, 0.2) is 0 Å². The lowest BCUT2D eigenvalue weighted by Crippen LogP contribution is -2.23. The summed E-state index contributed by atoms with van der Waals surface area (Å²) in [6.45, 7) is 1.31. The summed E-state index contributed by atoms with van der Waals surface area (Å²) in [5.41, 5.74) is 7.55. The monoisotopic (exact) mass is 302 g/mol. The molecule has 0 saturated carbocycles. The van der Waals surface area contributed by atoms with Crippen LogP contribution < -0.4 is 24.8 Å². The van der Waals surface area contributed by atoms with E-state index < -0.39 is 0 Å². The van der Waals surface area contributed by atoms with Crippen molar-refractivity contribution >= 4 is 11.4 Å². The number of methoxy groups -OCH3 is 2. The van der Waals surface area contributed by atoms with Crippen LogP contribution in [0.4, 0.5) is 11.4 Å². The number of rotatable bonds is 7. The maximum absolute atomic E-state index is 5.78. The van der Waals surface area contributed by atoms with Crippen LogP contribution in [0.2, 0.25) is 0 Å². The van der Waals surface area contributed by atoms with Crippen molar-refractivity contribution in [3.63, 3.8) is 0 Å². The van der Waals surface area contributed by atoms with E-state index in [1.54, 1.807) is 14.2 Å². The number of likely N-dealkylation sites (N-methyl/N-ethyl adjacent to an activating group) is 1. The average Bonchev–Trinajstić information content (AvgIpc) is 2.55. The van der Waals surface area contributed by atoms with E-state index >= 15 is 0 Å². The molecule has 2 rings (SSSR count). The zero-order chi connectivity index (χ0) is 15.9. The quantitative estimate of drug-likeness (QED) is 0.797. The molecule has 0 saturated heterocycles. The number of nitrogens with zero attached hydrogens (tertiary/aromatic N) is 1. The number of nitrogen functional groups attached to an aromatic ring is 1. The van der Waals surface area contributed by atoms with Crippen molar-refractivity contribution in [3.05, 3.63) is 42.5 Å². The smallest absolute Gasteiger partial charge is 0.126 e. The predicted octanol–water partition coefficient (Wildman–Crippen LogP) is 2.80. The lowest BCUT2D eigenvalue weighted by molar-refractivity contribution is 0.318. The zero-order valence-corrected chi connectivity index (χ0v) is 13.2. The van der Waals surface area contributed by atoms with Gasteiger partial charge in [0.25, 0.3) is 0 Å². The normalized spacial score (nSPS) is 10.1. The van der Waals surface area contributed by atoms with Crippen LogP contribution in [0, 0.1) is 0 Å². The molecule has 0 aliphatic carbocycles. The maximum atomic E-state index is 5.78. The van der Waals surface area contributed by atoms with Crippen LogP contribution in [0.25, 0.3) is 0 Å². The molecule has 0 amide bonds. The van der Waals surface area contributed by atoms with Gasteiger partial charge in [0.2, 0.25) is 0 Å². The Bertz CT molecular complexity index is 577.